The number of benzene rings is 2. The largest absolute Gasteiger partial charge is 0.496 e. The molecule has 1 aliphatic carbocycles. The van der Waals surface area contributed by atoms with Gasteiger partial charge < -0.3 is 10.1 Å². The number of amides is 1. The van der Waals surface area contributed by atoms with E-state index in [-0.39, 0.29) is 11.3 Å². The molecule has 1 N–H and O–H groups in total. The summed E-state index contributed by atoms with van der Waals surface area (Å²) in [5.41, 5.74) is 1.84. The van der Waals surface area contributed by atoms with Crippen LogP contribution in [0.15, 0.2) is 48.5 Å². The minimum atomic E-state index is -0.0947. The van der Waals surface area contributed by atoms with Gasteiger partial charge in [0, 0.05) is 17.0 Å². The van der Waals surface area contributed by atoms with Gasteiger partial charge in [0.05, 0.1) is 12.7 Å². The molecule has 0 atom stereocenters. The second-order valence-electron chi connectivity index (χ2n) is 6.02. The third-order valence-electron chi connectivity index (χ3n) is 4.71. The summed E-state index contributed by atoms with van der Waals surface area (Å²) in [6.45, 7) is 0.630. The first-order valence-electron chi connectivity index (χ1n) is 7.82. The van der Waals surface area contributed by atoms with E-state index in [9.17, 15) is 4.79 Å². The van der Waals surface area contributed by atoms with Gasteiger partial charge in [-0.25, -0.2) is 0 Å². The first kappa shape index (κ1) is 15.9. The van der Waals surface area contributed by atoms with E-state index in [4.69, 9.17) is 16.3 Å². The van der Waals surface area contributed by atoms with Crippen molar-refractivity contribution in [2.75, 3.05) is 13.7 Å². The predicted octanol–water partition coefficient (Wildman–Crippen LogP) is 4.20. The monoisotopic (exact) mass is 329 g/mol. The van der Waals surface area contributed by atoms with Crippen molar-refractivity contribution in [1.29, 1.82) is 0 Å². The average molecular weight is 330 g/mol. The second kappa shape index (κ2) is 6.63. The highest BCUT2D eigenvalue weighted by atomic mass is 35.5. The minimum Gasteiger partial charge on any atom is -0.496 e. The Morgan fingerprint density at radius 1 is 1.17 bits per heavy atom. The molecule has 23 heavy (non-hydrogen) atoms. The Kier molecular flexibility index (Phi) is 4.58. The van der Waals surface area contributed by atoms with Gasteiger partial charge in [0.2, 0.25) is 0 Å². The van der Waals surface area contributed by atoms with Crippen molar-refractivity contribution in [1.82, 2.24) is 5.32 Å². The van der Waals surface area contributed by atoms with Crippen LogP contribution in [0.3, 0.4) is 0 Å². The molecular formula is C19H20ClNO2. The van der Waals surface area contributed by atoms with Crippen LogP contribution < -0.4 is 10.1 Å². The Bertz CT molecular complexity index is 693. The number of halogens is 1. The van der Waals surface area contributed by atoms with Crippen molar-refractivity contribution < 1.29 is 9.53 Å². The fourth-order valence-corrected chi connectivity index (χ4v) is 3.28. The van der Waals surface area contributed by atoms with E-state index in [1.54, 1.807) is 19.2 Å². The molecule has 0 radical (unpaired) electrons. The van der Waals surface area contributed by atoms with Crippen molar-refractivity contribution in [3.05, 3.63) is 64.7 Å². The lowest BCUT2D eigenvalue weighted by Crippen LogP contribution is -2.45. The van der Waals surface area contributed by atoms with E-state index < -0.39 is 0 Å². The van der Waals surface area contributed by atoms with Gasteiger partial charge in [-0.3, -0.25) is 4.79 Å². The van der Waals surface area contributed by atoms with Crippen LogP contribution in [-0.4, -0.2) is 19.6 Å². The molecule has 0 bridgehead atoms. The number of carbonyl (C=O) groups is 1. The lowest BCUT2D eigenvalue weighted by molar-refractivity contribution is 0.0925. The molecule has 0 aromatic heterocycles. The standard InChI is InChI=1S/C19H20ClNO2/c1-23-17-6-3-2-5-16(17)18(22)21-13-19(11-4-12-19)14-7-9-15(20)10-8-14/h2-3,5-10H,4,11-13H2,1H3,(H,21,22). The molecule has 0 heterocycles. The van der Waals surface area contributed by atoms with Crippen LogP contribution in [0.4, 0.5) is 0 Å². The Balaban J connectivity index is 1.73. The van der Waals surface area contributed by atoms with E-state index in [2.05, 4.69) is 17.4 Å². The van der Waals surface area contributed by atoms with Crippen molar-refractivity contribution in [2.45, 2.75) is 24.7 Å². The fourth-order valence-electron chi connectivity index (χ4n) is 3.15. The van der Waals surface area contributed by atoms with Crippen LogP contribution >= 0.6 is 11.6 Å². The van der Waals surface area contributed by atoms with E-state index in [1.165, 1.54) is 12.0 Å². The number of ether oxygens (including phenoxy) is 1. The molecule has 120 valence electrons. The van der Waals surface area contributed by atoms with Gasteiger partial charge in [0.25, 0.3) is 5.91 Å². The molecule has 2 aromatic rings. The summed E-state index contributed by atoms with van der Waals surface area (Å²) in [5, 5.41) is 3.81. The van der Waals surface area contributed by atoms with Gasteiger partial charge in [-0.2, -0.15) is 0 Å². The van der Waals surface area contributed by atoms with Gasteiger partial charge in [-0.1, -0.05) is 42.3 Å². The SMILES string of the molecule is COc1ccccc1C(=O)NCC1(c2ccc(Cl)cc2)CCC1. The maximum atomic E-state index is 12.5. The van der Waals surface area contributed by atoms with Crippen molar-refractivity contribution in [3.63, 3.8) is 0 Å². The Morgan fingerprint density at radius 2 is 1.87 bits per heavy atom. The molecule has 2 aromatic carbocycles. The zero-order valence-corrected chi connectivity index (χ0v) is 13.9. The molecule has 1 aliphatic rings. The zero-order chi connectivity index (χ0) is 16.3. The van der Waals surface area contributed by atoms with Gasteiger partial charge in [0.15, 0.2) is 0 Å². The molecule has 1 amide bonds. The number of hydrogen-bond acceptors (Lipinski definition) is 2. The Morgan fingerprint density at radius 3 is 2.48 bits per heavy atom. The summed E-state index contributed by atoms with van der Waals surface area (Å²) in [6, 6.07) is 15.2. The molecule has 0 saturated heterocycles. The summed E-state index contributed by atoms with van der Waals surface area (Å²) < 4.78 is 5.26. The number of rotatable bonds is 5. The zero-order valence-electron chi connectivity index (χ0n) is 13.1. The Labute approximate surface area is 141 Å². The van der Waals surface area contributed by atoms with Crippen LogP contribution in [-0.2, 0) is 5.41 Å². The van der Waals surface area contributed by atoms with Crippen LogP contribution in [0.25, 0.3) is 0 Å². The topological polar surface area (TPSA) is 38.3 Å². The molecule has 4 heteroatoms. The van der Waals surface area contributed by atoms with E-state index in [0.717, 1.165) is 17.9 Å². The third kappa shape index (κ3) is 3.20. The van der Waals surface area contributed by atoms with E-state index in [0.29, 0.717) is 17.9 Å². The average Bonchev–Trinajstić information content (AvgIpc) is 2.55. The summed E-state index contributed by atoms with van der Waals surface area (Å²) >= 11 is 5.98. The van der Waals surface area contributed by atoms with Crippen molar-refractivity contribution in [3.8, 4) is 5.75 Å². The van der Waals surface area contributed by atoms with Crippen LogP contribution in [0, 0.1) is 0 Å². The predicted molar refractivity (Wildman–Crippen MR) is 92.3 cm³/mol. The van der Waals surface area contributed by atoms with Gasteiger partial charge in [-0.05, 0) is 42.7 Å². The van der Waals surface area contributed by atoms with Gasteiger partial charge in [0.1, 0.15) is 5.75 Å². The van der Waals surface area contributed by atoms with Gasteiger partial charge >= 0.3 is 0 Å². The molecule has 1 fully saturated rings. The van der Waals surface area contributed by atoms with E-state index in [1.807, 2.05) is 24.3 Å². The number of para-hydroxylation sites is 1. The maximum Gasteiger partial charge on any atom is 0.255 e. The third-order valence-corrected chi connectivity index (χ3v) is 4.96. The molecule has 0 unspecified atom stereocenters. The van der Waals surface area contributed by atoms with Gasteiger partial charge in [-0.15, -0.1) is 0 Å². The van der Waals surface area contributed by atoms with Crippen molar-refractivity contribution >= 4 is 17.5 Å². The molecule has 3 rings (SSSR count). The first-order valence-corrected chi connectivity index (χ1v) is 8.20. The highest BCUT2D eigenvalue weighted by Gasteiger charge is 2.38. The highest BCUT2D eigenvalue weighted by molar-refractivity contribution is 6.30. The lowest BCUT2D eigenvalue weighted by atomic mass is 9.64. The molecule has 3 nitrogen and oxygen atoms in total. The summed E-state index contributed by atoms with van der Waals surface area (Å²) in [6.07, 6.45) is 3.36. The summed E-state index contributed by atoms with van der Waals surface area (Å²) in [7, 11) is 1.58. The van der Waals surface area contributed by atoms with Crippen LogP contribution in [0.5, 0.6) is 5.75 Å². The minimum absolute atomic E-state index is 0.0300. The summed E-state index contributed by atoms with van der Waals surface area (Å²) in [5.74, 6) is 0.502. The number of carbonyl (C=O) groups excluding carboxylic acids is 1. The fraction of sp³-hybridized carbons (Fsp3) is 0.316. The Hall–Kier alpha value is -2.00. The smallest absolute Gasteiger partial charge is 0.255 e. The molecule has 0 aliphatic heterocycles. The molecular weight excluding hydrogens is 310 g/mol. The number of hydrogen-bond donors (Lipinski definition) is 1. The highest BCUT2D eigenvalue weighted by Crippen LogP contribution is 2.43. The van der Waals surface area contributed by atoms with Crippen LogP contribution in [0.2, 0.25) is 5.02 Å². The molecule has 1 saturated carbocycles. The summed E-state index contributed by atoms with van der Waals surface area (Å²) in [4.78, 5) is 12.5. The lowest BCUT2D eigenvalue weighted by Gasteiger charge is -2.42. The van der Waals surface area contributed by atoms with E-state index >= 15 is 0 Å². The van der Waals surface area contributed by atoms with Crippen molar-refractivity contribution in [2.24, 2.45) is 0 Å². The normalized spacial score (nSPS) is 15.6. The first-order chi connectivity index (χ1) is 11.1. The van der Waals surface area contributed by atoms with Crippen LogP contribution in [0.1, 0.15) is 35.2 Å². The maximum absolute atomic E-state index is 12.5. The quantitative estimate of drug-likeness (QED) is 0.892. The molecule has 0 spiro atoms. The second-order valence-corrected chi connectivity index (χ2v) is 6.46. The number of nitrogens with one attached hydrogen (secondary N) is 1. The number of methoxy groups -OCH3 is 1.